The highest BCUT2D eigenvalue weighted by Crippen LogP contribution is 2.31. The van der Waals surface area contributed by atoms with Crippen molar-refractivity contribution in [3.63, 3.8) is 0 Å². The first kappa shape index (κ1) is 15.5. The first-order valence-corrected chi connectivity index (χ1v) is 6.50. The Bertz CT molecular complexity index is 203. The van der Waals surface area contributed by atoms with E-state index in [1.165, 1.54) is 12.8 Å². The standard InChI is InChI=1S/C14H28O2/c1-6-7-8-9-11(2)12(13(15)16)10-14(3,4)5/h11-12H,6-10H2,1-5H3,(H,15,16). The van der Waals surface area contributed by atoms with Crippen LogP contribution in [0.5, 0.6) is 0 Å². The summed E-state index contributed by atoms with van der Waals surface area (Å²) in [6.45, 7) is 10.6. The predicted octanol–water partition coefficient (Wildman–Crippen LogP) is 4.34. The summed E-state index contributed by atoms with van der Waals surface area (Å²) in [6.07, 6.45) is 5.39. The Hall–Kier alpha value is -0.530. The largest absolute Gasteiger partial charge is 0.481 e. The van der Waals surface area contributed by atoms with Crippen LogP contribution in [0.25, 0.3) is 0 Å². The molecule has 0 fully saturated rings. The first-order valence-electron chi connectivity index (χ1n) is 6.50. The van der Waals surface area contributed by atoms with Crippen LogP contribution in [0, 0.1) is 17.3 Å². The number of carboxylic acids is 1. The van der Waals surface area contributed by atoms with E-state index in [0.717, 1.165) is 19.3 Å². The summed E-state index contributed by atoms with van der Waals surface area (Å²) in [5.74, 6) is -0.515. The molecule has 0 saturated heterocycles. The zero-order chi connectivity index (χ0) is 12.8. The average molecular weight is 228 g/mol. The molecule has 0 bridgehead atoms. The molecular weight excluding hydrogens is 200 g/mol. The normalized spacial score (nSPS) is 15.8. The van der Waals surface area contributed by atoms with Gasteiger partial charge in [-0.25, -0.2) is 0 Å². The van der Waals surface area contributed by atoms with Crippen molar-refractivity contribution in [2.45, 2.75) is 66.7 Å². The second-order valence-electron chi connectivity index (χ2n) is 6.18. The van der Waals surface area contributed by atoms with Gasteiger partial charge in [0.1, 0.15) is 0 Å². The first-order chi connectivity index (χ1) is 7.28. The Labute approximate surface area is 100 Å². The minimum Gasteiger partial charge on any atom is -0.481 e. The molecule has 0 aromatic carbocycles. The predicted molar refractivity (Wildman–Crippen MR) is 68.5 cm³/mol. The number of rotatable bonds is 7. The summed E-state index contributed by atoms with van der Waals surface area (Å²) >= 11 is 0. The van der Waals surface area contributed by atoms with E-state index in [-0.39, 0.29) is 11.3 Å². The van der Waals surface area contributed by atoms with Crippen LogP contribution in [-0.4, -0.2) is 11.1 Å². The highest BCUT2D eigenvalue weighted by atomic mass is 16.4. The summed E-state index contributed by atoms with van der Waals surface area (Å²) in [6, 6.07) is 0. The molecule has 0 rings (SSSR count). The molecule has 0 aromatic rings. The number of unbranched alkanes of at least 4 members (excludes halogenated alkanes) is 2. The minimum atomic E-state index is -0.626. The molecule has 0 radical (unpaired) electrons. The highest BCUT2D eigenvalue weighted by Gasteiger charge is 2.28. The fraction of sp³-hybridized carbons (Fsp3) is 0.929. The maximum Gasteiger partial charge on any atom is 0.306 e. The van der Waals surface area contributed by atoms with Gasteiger partial charge in [0, 0.05) is 0 Å². The molecule has 2 nitrogen and oxygen atoms in total. The molecule has 0 aliphatic rings. The fourth-order valence-electron chi connectivity index (χ4n) is 2.11. The molecule has 0 saturated carbocycles. The fourth-order valence-corrected chi connectivity index (χ4v) is 2.11. The summed E-state index contributed by atoms with van der Waals surface area (Å²) in [4.78, 5) is 11.3. The van der Waals surface area contributed by atoms with Crippen molar-refractivity contribution in [2.75, 3.05) is 0 Å². The molecule has 0 aliphatic heterocycles. The lowest BCUT2D eigenvalue weighted by molar-refractivity contribution is -0.144. The Balaban J connectivity index is 4.25. The van der Waals surface area contributed by atoms with Crippen LogP contribution < -0.4 is 0 Å². The number of aliphatic carboxylic acids is 1. The topological polar surface area (TPSA) is 37.3 Å². The smallest absolute Gasteiger partial charge is 0.306 e. The Morgan fingerprint density at radius 3 is 2.19 bits per heavy atom. The van der Waals surface area contributed by atoms with Crippen molar-refractivity contribution in [3.05, 3.63) is 0 Å². The van der Waals surface area contributed by atoms with Gasteiger partial charge in [-0.3, -0.25) is 4.79 Å². The highest BCUT2D eigenvalue weighted by molar-refractivity contribution is 5.70. The Morgan fingerprint density at radius 1 is 1.25 bits per heavy atom. The Morgan fingerprint density at radius 2 is 1.81 bits per heavy atom. The zero-order valence-corrected chi connectivity index (χ0v) is 11.5. The molecule has 96 valence electrons. The molecule has 2 atom stereocenters. The minimum absolute atomic E-state index is 0.0993. The molecule has 1 N–H and O–H groups in total. The van der Waals surface area contributed by atoms with E-state index >= 15 is 0 Å². The van der Waals surface area contributed by atoms with Crippen molar-refractivity contribution in [1.82, 2.24) is 0 Å². The van der Waals surface area contributed by atoms with Crippen molar-refractivity contribution >= 4 is 5.97 Å². The van der Waals surface area contributed by atoms with E-state index in [1.54, 1.807) is 0 Å². The van der Waals surface area contributed by atoms with E-state index in [1.807, 2.05) is 0 Å². The maximum absolute atomic E-state index is 11.3. The number of carbonyl (C=O) groups is 1. The van der Waals surface area contributed by atoms with Crippen LogP contribution in [0.1, 0.15) is 66.7 Å². The Kier molecular flexibility index (Phi) is 6.70. The van der Waals surface area contributed by atoms with Gasteiger partial charge in [0.05, 0.1) is 5.92 Å². The van der Waals surface area contributed by atoms with Crippen LogP contribution in [0.15, 0.2) is 0 Å². The van der Waals surface area contributed by atoms with Crippen LogP contribution in [0.4, 0.5) is 0 Å². The molecule has 0 spiro atoms. The van der Waals surface area contributed by atoms with Crippen LogP contribution in [-0.2, 0) is 4.79 Å². The number of hydrogen-bond acceptors (Lipinski definition) is 1. The lowest BCUT2D eigenvalue weighted by Gasteiger charge is -2.27. The van der Waals surface area contributed by atoms with Gasteiger partial charge in [-0.1, -0.05) is 53.9 Å². The van der Waals surface area contributed by atoms with Crippen molar-refractivity contribution in [3.8, 4) is 0 Å². The lowest BCUT2D eigenvalue weighted by atomic mass is 9.77. The molecule has 2 heteroatoms. The van der Waals surface area contributed by atoms with Gasteiger partial charge in [-0.15, -0.1) is 0 Å². The van der Waals surface area contributed by atoms with Gasteiger partial charge < -0.3 is 5.11 Å². The maximum atomic E-state index is 11.3. The van der Waals surface area contributed by atoms with Crippen LogP contribution >= 0.6 is 0 Å². The second kappa shape index (κ2) is 6.93. The molecule has 0 amide bonds. The molecule has 16 heavy (non-hydrogen) atoms. The van der Waals surface area contributed by atoms with Crippen LogP contribution in [0.2, 0.25) is 0 Å². The number of carboxylic acid groups (broad SMARTS) is 1. The van der Waals surface area contributed by atoms with Crippen LogP contribution in [0.3, 0.4) is 0 Å². The van der Waals surface area contributed by atoms with E-state index in [0.29, 0.717) is 5.92 Å². The zero-order valence-electron chi connectivity index (χ0n) is 11.5. The van der Waals surface area contributed by atoms with Crippen molar-refractivity contribution in [2.24, 2.45) is 17.3 Å². The lowest BCUT2D eigenvalue weighted by Crippen LogP contribution is -2.26. The van der Waals surface area contributed by atoms with Crippen molar-refractivity contribution < 1.29 is 9.90 Å². The summed E-state index contributed by atoms with van der Waals surface area (Å²) in [5.41, 5.74) is 0.0993. The summed E-state index contributed by atoms with van der Waals surface area (Å²) < 4.78 is 0. The van der Waals surface area contributed by atoms with Gasteiger partial charge in [-0.05, 0) is 24.2 Å². The van der Waals surface area contributed by atoms with Gasteiger partial charge in [0.25, 0.3) is 0 Å². The SMILES string of the molecule is CCCCCC(C)C(CC(C)(C)C)C(=O)O. The van der Waals surface area contributed by atoms with E-state index in [4.69, 9.17) is 0 Å². The van der Waals surface area contributed by atoms with E-state index < -0.39 is 5.97 Å². The molecular formula is C14H28O2. The monoisotopic (exact) mass is 228 g/mol. The third-order valence-electron chi connectivity index (χ3n) is 3.10. The van der Waals surface area contributed by atoms with Gasteiger partial charge >= 0.3 is 5.97 Å². The third-order valence-corrected chi connectivity index (χ3v) is 3.10. The molecule has 0 aromatic heterocycles. The summed E-state index contributed by atoms with van der Waals surface area (Å²) in [5, 5.41) is 9.26. The molecule has 2 unspecified atom stereocenters. The van der Waals surface area contributed by atoms with Gasteiger partial charge in [0.15, 0.2) is 0 Å². The third kappa shape index (κ3) is 6.86. The van der Waals surface area contributed by atoms with Crippen molar-refractivity contribution in [1.29, 1.82) is 0 Å². The quantitative estimate of drug-likeness (QED) is 0.658. The van der Waals surface area contributed by atoms with Gasteiger partial charge in [0.2, 0.25) is 0 Å². The number of hydrogen-bond donors (Lipinski definition) is 1. The summed E-state index contributed by atoms with van der Waals surface area (Å²) in [7, 11) is 0. The average Bonchev–Trinajstić information content (AvgIpc) is 2.12. The van der Waals surface area contributed by atoms with E-state index in [9.17, 15) is 9.90 Å². The second-order valence-corrected chi connectivity index (χ2v) is 6.18. The molecule has 0 heterocycles. The van der Waals surface area contributed by atoms with E-state index in [2.05, 4.69) is 34.6 Å². The molecule has 0 aliphatic carbocycles. The van der Waals surface area contributed by atoms with Gasteiger partial charge in [-0.2, -0.15) is 0 Å².